The molecule has 20 heavy (non-hydrogen) atoms. The summed E-state index contributed by atoms with van der Waals surface area (Å²) < 4.78 is 1.45. The van der Waals surface area contributed by atoms with Crippen LogP contribution >= 0.6 is 0 Å². The molecule has 0 saturated heterocycles. The van der Waals surface area contributed by atoms with Crippen LogP contribution in [0.15, 0.2) is 30.6 Å². The summed E-state index contributed by atoms with van der Waals surface area (Å²) in [7, 11) is 0. The smallest absolute Gasteiger partial charge is 0.260 e. The maximum absolute atomic E-state index is 11.7. The summed E-state index contributed by atoms with van der Waals surface area (Å²) in [4.78, 5) is 15.7. The minimum atomic E-state index is -0.255. The molecule has 0 aliphatic heterocycles. The molecule has 0 saturated carbocycles. The fourth-order valence-electron chi connectivity index (χ4n) is 1.55. The van der Waals surface area contributed by atoms with Gasteiger partial charge in [0.25, 0.3) is 5.91 Å². The molecule has 8 nitrogen and oxygen atoms in total. The number of aromatic nitrogens is 4. The average molecular weight is 276 g/mol. The third-order valence-electron chi connectivity index (χ3n) is 2.48. The van der Waals surface area contributed by atoms with Gasteiger partial charge in [-0.3, -0.25) is 15.6 Å². The van der Waals surface area contributed by atoms with Crippen LogP contribution < -0.4 is 10.9 Å². The molecule has 0 aliphatic rings. The third kappa shape index (κ3) is 4.32. The first kappa shape index (κ1) is 13.9. The number of hydrogen-bond donors (Lipinski definition) is 3. The zero-order chi connectivity index (χ0) is 14.2. The van der Waals surface area contributed by atoms with Crippen molar-refractivity contribution in [2.45, 2.75) is 19.4 Å². The summed E-state index contributed by atoms with van der Waals surface area (Å²) in [5.41, 5.74) is 5.97. The normalized spacial score (nSPS) is 10.2. The fraction of sp³-hybridized carbons (Fsp3) is 0.333. The predicted molar refractivity (Wildman–Crippen MR) is 71.4 cm³/mol. The van der Waals surface area contributed by atoms with Gasteiger partial charge < -0.3 is 5.11 Å². The largest absolute Gasteiger partial charge is 0.396 e. The lowest BCUT2D eigenvalue weighted by Gasteiger charge is -2.06. The number of aliphatic hydroxyl groups is 1. The monoisotopic (exact) mass is 276 g/mol. The molecule has 106 valence electrons. The number of rotatable bonds is 7. The van der Waals surface area contributed by atoms with Crippen molar-refractivity contribution in [2.24, 2.45) is 0 Å². The number of anilines is 1. The Morgan fingerprint density at radius 3 is 3.05 bits per heavy atom. The Kier molecular flexibility index (Phi) is 5.01. The molecule has 0 aliphatic carbocycles. The van der Waals surface area contributed by atoms with Gasteiger partial charge in [-0.05, 0) is 25.0 Å². The Labute approximate surface area is 115 Å². The number of nitrogens with one attached hydrogen (secondary N) is 2. The summed E-state index contributed by atoms with van der Waals surface area (Å²) in [6.07, 6.45) is 4.59. The van der Waals surface area contributed by atoms with Crippen molar-refractivity contribution in [3.8, 4) is 0 Å². The standard InChI is InChI=1S/C12H16N6O2/c19-7-3-4-10-8-18(17-14-10)9-12(20)16-15-11-5-1-2-6-13-11/h1-2,5-6,8,19H,3-4,7,9H2,(H,13,15)(H,16,20). The third-order valence-corrected chi connectivity index (χ3v) is 2.48. The quantitative estimate of drug-likeness (QED) is 0.602. The Morgan fingerprint density at radius 2 is 2.30 bits per heavy atom. The van der Waals surface area contributed by atoms with Gasteiger partial charge in [-0.1, -0.05) is 11.3 Å². The molecule has 8 heteroatoms. The highest BCUT2D eigenvalue weighted by atomic mass is 16.3. The lowest BCUT2D eigenvalue weighted by Crippen LogP contribution is -2.33. The molecule has 3 N–H and O–H groups in total. The molecule has 0 radical (unpaired) electrons. The first-order valence-electron chi connectivity index (χ1n) is 6.23. The summed E-state index contributed by atoms with van der Waals surface area (Å²) in [5.74, 6) is 0.303. The fourth-order valence-corrected chi connectivity index (χ4v) is 1.55. The lowest BCUT2D eigenvalue weighted by molar-refractivity contribution is -0.121. The van der Waals surface area contributed by atoms with E-state index in [1.165, 1.54) is 4.68 Å². The van der Waals surface area contributed by atoms with Crippen LogP contribution in [0.4, 0.5) is 5.82 Å². The van der Waals surface area contributed by atoms with Gasteiger partial charge >= 0.3 is 0 Å². The minimum absolute atomic E-state index is 0.0615. The Bertz CT molecular complexity index is 542. The van der Waals surface area contributed by atoms with E-state index in [0.29, 0.717) is 18.7 Å². The van der Waals surface area contributed by atoms with Gasteiger partial charge in [-0.2, -0.15) is 0 Å². The van der Waals surface area contributed by atoms with Crippen LogP contribution in [0.25, 0.3) is 0 Å². The van der Waals surface area contributed by atoms with Crippen molar-refractivity contribution < 1.29 is 9.90 Å². The molecule has 0 unspecified atom stereocenters. The molecule has 0 aromatic carbocycles. The average Bonchev–Trinajstić information content (AvgIpc) is 2.91. The number of amides is 1. The first-order chi connectivity index (χ1) is 9.78. The van der Waals surface area contributed by atoms with Crippen molar-refractivity contribution in [3.05, 3.63) is 36.3 Å². The Hall–Kier alpha value is -2.48. The van der Waals surface area contributed by atoms with Gasteiger partial charge in [0, 0.05) is 19.0 Å². The van der Waals surface area contributed by atoms with Crippen molar-refractivity contribution in [2.75, 3.05) is 12.0 Å². The van der Waals surface area contributed by atoms with E-state index >= 15 is 0 Å². The molecular weight excluding hydrogens is 260 g/mol. The van der Waals surface area contributed by atoms with Crippen LogP contribution in [0.3, 0.4) is 0 Å². The van der Waals surface area contributed by atoms with Gasteiger partial charge in [0.1, 0.15) is 12.4 Å². The van der Waals surface area contributed by atoms with Crippen molar-refractivity contribution >= 4 is 11.7 Å². The lowest BCUT2D eigenvalue weighted by atomic mass is 10.3. The SMILES string of the molecule is O=C(Cn1cc(CCCO)nn1)NNc1ccccn1. The second-order valence-corrected chi connectivity index (χ2v) is 4.12. The molecule has 0 spiro atoms. The van der Waals surface area contributed by atoms with E-state index < -0.39 is 0 Å². The van der Waals surface area contributed by atoms with E-state index in [2.05, 4.69) is 26.1 Å². The van der Waals surface area contributed by atoms with E-state index in [-0.39, 0.29) is 19.1 Å². The zero-order valence-electron chi connectivity index (χ0n) is 10.9. The van der Waals surface area contributed by atoms with Gasteiger partial charge in [-0.25, -0.2) is 9.67 Å². The van der Waals surface area contributed by atoms with Crippen LogP contribution in [0, 0.1) is 0 Å². The van der Waals surface area contributed by atoms with Crippen molar-refractivity contribution in [3.63, 3.8) is 0 Å². The van der Waals surface area contributed by atoms with Crippen LogP contribution in [-0.4, -0.2) is 37.6 Å². The van der Waals surface area contributed by atoms with Crippen LogP contribution in [0.5, 0.6) is 0 Å². The summed E-state index contributed by atoms with van der Waals surface area (Å²) in [5, 5.41) is 16.5. The molecule has 2 aromatic rings. The number of hydrazine groups is 1. The highest BCUT2D eigenvalue weighted by Gasteiger charge is 2.05. The summed E-state index contributed by atoms with van der Waals surface area (Å²) in [6, 6.07) is 5.34. The molecule has 2 heterocycles. The van der Waals surface area contributed by atoms with Crippen LogP contribution in [0.2, 0.25) is 0 Å². The Morgan fingerprint density at radius 1 is 1.40 bits per heavy atom. The zero-order valence-corrected chi connectivity index (χ0v) is 10.9. The number of carbonyl (C=O) groups excluding carboxylic acids is 1. The van der Waals surface area contributed by atoms with E-state index in [9.17, 15) is 4.79 Å². The number of aryl methyl sites for hydroxylation is 1. The molecule has 0 atom stereocenters. The second-order valence-electron chi connectivity index (χ2n) is 4.12. The van der Waals surface area contributed by atoms with Gasteiger partial charge in [0.2, 0.25) is 0 Å². The topological polar surface area (TPSA) is 105 Å². The molecule has 2 rings (SSSR count). The van der Waals surface area contributed by atoms with Gasteiger partial charge in [0.15, 0.2) is 0 Å². The molecule has 1 amide bonds. The molecule has 2 aromatic heterocycles. The number of nitrogens with zero attached hydrogens (tertiary/aromatic N) is 4. The molecule has 0 bridgehead atoms. The first-order valence-corrected chi connectivity index (χ1v) is 6.23. The number of pyridine rings is 1. The molecule has 0 fully saturated rings. The van der Waals surface area contributed by atoms with E-state index in [1.807, 2.05) is 6.07 Å². The number of carbonyl (C=O) groups is 1. The molecular formula is C12H16N6O2. The Balaban J connectivity index is 1.78. The summed E-state index contributed by atoms with van der Waals surface area (Å²) in [6.45, 7) is 0.174. The van der Waals surface area contributed by atoms with Crippen LogP contribution in [0.1, 0.15) is 12.1 Å². The van der Waals surface area contributed by atoms with Gasteiger partial charge in [0.05, 0.1) is 5.69 Å². The highest BCUT2D eigenvalue weighted by molar-refractivity contribution is 5.76. The summed E-state index contributed by atoms with van der Waals surface area (Å²) >= 11 is 0. The van der Waals surface area contributed by atoms with E-state index in [1.54, 1.807) is 24.5 Å². The highest BCUT2D eigenvalue weighted by Crippen LogP contribution is 1.98. The van der Waals surface area contributed by atoms with Crippen molar-refractivity contribution in [1.82, 2.24) is 25.4 Å². The number of aliphatic hydroxyl groups excluding tert-OH is 1. The predicted octanol–water partition coefficient (Wildman–Crippen LogP) is -0.259. The van der Waals surface area contributed by atoms with Crippen molar-refractivity contribution in [1.29, 1.82) is 0 Å². The maximum atomic E-state index is 11.7. The van der Waals surface area contributed by atoms with E-state index in [4.69, 9.17) is 5.11 Å². The van der Waals surface area contributed by atoms with E-state index in [0.717, 1.165) is 5.69 Å². The second kappa shape index (κ2) is 7.19. The van der Waals surface area contributed by atoms with Gasteiger partial charge in [-0.15, -0.1) is 5.10 Å². The minimum Gasteiger partial charge on any atom is -0.396 e. The number of hydrogen-bond acceptors (Lipinski definition) is 6. The van der Waals surface area contributed by atoms with Crippen LogP contribution in [-0.2, 0) is 17.8 Å². The maximum Gasteiger partial charge on any atom is 0.260 e.